The molecular formula is C18H25BrS. The van der Waals surface area contributed by atoms with E-state index in [2.05, 4.69) is 47.3 Å². The van der Waals surface area contributed by atoms with Gasteiger partial charge in [-0.3, -0.25) is 0 Å². The molecular weight excluding hydrogens is 328 g/mol. The predicted molar refractivity (Wildman–Crippen MR) is 90.6 cm³/mol. The molecule has 4 fully saturated rings. The van der Waals surface area contributed by atoms with Crippen molar-refractivity contribution in [1.29, 1.82) is 0 Å². The normalized spacial score (nSPS) is 47.6. The van der Waals surface area contributed by atoms with Crippen LogP contribution in [-0.2, 0) is 6.42 Å². The molecule has 0 spiro atoms. The smallest absolute Gasteiger partial charge is 0.0250 e. The monoisotopic (exact) mass is 352 g/mol. The first-order valence-corrected chi connectivity index (χ1v) is 9.87. The van der Waals surface area contributed by atoms with Crippen LogP contribution in [0, 0.1) is 22.2 Å². The van der Waals surface area contributed by atoms with Crippen LogP contribution in [0.15, 0.2) is 17.5 Å². The van der Waals surface area contributed by atoms with Gasteiger partial charge < -0.3 is 0 Å². The number of hydrogen-bond donors (Lipinski definition) is 0. The Morgan fingerprint density at radius 2 is 1.90 bits per heavy atom. The van der Waals surface area contributed by atoms with Gasteiger partial charge in [0.1, 0.15) is 0 Å². The molecule has 4 saturated carbocycles. The van der Waals surface area contributed by atoms with Gasteiger partial charge in [-0.2, -0.15) is 0 Å². The summed E-state index contributed by atoms with van der Waals surface area (Å²) in [6, 6.07) is 4.50. The molecule has 1 heterocycles. The molecule has 4 aliphatic rings. The van der Waals surface area contributed by atoms with E-state index < -0.39 is 0 Å². The van der Waals surface area contributed by atoms with Crippen LogP contribution in [0.4, 0.5) is 0 Å². The Labute approximate surface area is 135 Å². The maximum absolute atomic E-state index is 4.14. The van der Waals surface area contributed by atoms with E-state index in [4.69, 9.17) is 0 Å². The minimum atomic E-state index is 0.576. The minimum absolute atomic E-state index is 0.576. The zero-order valence-corrected chi connectivity index (χ0v) is 15.0. The van der Waals surface area contributed by atoms with Crippen molar-refractivity contribution >= 4 is 27.3 Å². The number of alkyl halides is 1. The van der Waals surface area contributed by atoms with Crippen molar-refractivity contribution in [3.63, 3.8) is 0 Å². The van der Waals surface area contributed by atoms with E-state index in [9.17, 15) is 0 Å². The fourth-order valence-corrected chi connectivity index (χ4v) is 8.53. The Balaban J connectivity index is 1.63. The molecule has 110 valence electrons. The summed E-state index contributed by atoms with van der Waals surface area (Å²) in [6.07, 6.45) is 10.1. The van der Waals surface area contributed by atoms with Gasteiger partial charge in [0.25, 0.3) is 0 Å². The second-order valence-electron chi connectivity index (χ2n) is 8.74. The van der Waals surface area contributed by atoms with Crippen molar-refractivity contribution in [2.24, 2.45) is 22.2 Å². The highest BCUT2D eigenvalue weighted by Gasteiger charge is 2.61. The lowest BCUT2D eigenvalue weighted by Crippen LogP contribution is -2.58. The quantitative estimate of drug-likeness (QED) is 0.580. The van der Waals surface area contributed by atoms with Gasteiger partial charge in [0, 0.05) is 9.70 Å². The zero-order chi connectivity index (χ0) is 14.0. The molecule has 2 heteroatoms. The van der Waals surface area contributed by atoms with Gasteiger partial charge in [-0.15, -0.1) is 11.3 Å². The van der Waals surface area contributed by atoms with Gasteiger partial charge in [-0.05, 0) is 78.6 Å². The van der Waals surface area contributed by atoms with Crippen LogP contribution in [0.1, 0.15) is 57.2 Å². The topological polar surface area (TPSA) is 0 Å². The number of hydrogen-bond acceptors (Lipinski definition) is 1. The minimum Gasteiger partial charge on any atom is -0.149 e. The Morgan fingerprint density at radius 3 is 2.45 bits per heavy atom. The fourth-order valence-electron chi connectivity index (χ4n) is 6.71. The zero-order valence-electron chi connectivity index (χ0n) is 12.6. The third-order valence-electron chi connectivity index (χ3n) is 6.29. The summed E-state index contributed by atoms with van der Waals surface area (Å²) in [4.78, 5) is 2.23. The van der Waals surface area contributed by atoms with E-state index >= 15 is 0 Å². The van der Waals surface area contributed by atoms with Crippen LogP contribution in [0.3, 0.4) is 0 Å². The highest BCUT2D eigenvalue weighted by atomic mass is 79.9. The first-order chi connectivity index (χ1) is 9.41. The van der Waals surface area contributed by atoms with Gasteiger partial charge in [0.2, 0.25) is 0 Å². The first-order valence-electron chi connectivity index (χ1n) is 8.07. The summed E-state index contributed by atoms with van der Waals surface area (Å²) in [6.45, 7) is 5.16. The maximum Gasteiger partial charge on any atom is 0.0250 e. The third-order valence-corrected chi connectivity index (χ3v) is 8.49. The molecule has 0 N–H and O–H groups in total. The molecule has 3 atom stereocenters. The number of halogens is 1. The van der Waals surface area contributed by atoms with Crippen molar-refractivity contribution in [2.45, 2.75) is 63.6 Å². The van der Waals surface area contributed by atoms with Crippen molar-refractivity contribution in [3.8, 4) is 0 Å². The molecule has 5 rings (SSSR count). The molecule has 0 saturated heterocycles. The van der Waals surface area contributed by atoms with Crippen molar-refractivity contribution < 1.29 is 0 Å². The van der Waals surface area contributed by atoms with Crippen LogP contribution in [0.5, 0.6) is 0 Å². The summed E-state index contributed by atoms with van der Waals surface area (Å²) in [5, 5.41) is 2.22. The lowest BCUT2D eigenvalue weighted by molar-refractivity contribution is -0.144. The van der Waals surface area contributed by atoms with Gasteiger partial charge in [-0.1, -0.05) is 35.8 Å². The largest absolute Gasteiger partial charge is 0.149 e. The SMILES string of the molecule is CC12CC3CC(C)(C1)CC(C(Br)Cc1cccs1)(C3)C2. The second-order valence-corrected chi connectivity index (χ2v) is 10.9. The average Bonchev–Trinajstić information content (AvgIpc) is 2.76. The van der Waals surface area contributed by atoms with Crippen LogP contribution in [-0.4, -0.2) is 4.83 Å². The van der Waals surface area contributed by atoms with E-state index in [1.165, 1.54) is 44.9 Å². The Hall–Kier alpha value is 0.180. The highest BCUT2D eigenvalue weighted by Crippen LogP contribution is 2.71. The van der Waals surface area contributed by atoms with Gasteiger partial charge >= 0.3 is 0 Å². The fraction of sp³-hybridized carbons (Fsp3) is 0.778. The van der Waals surface area contributed by atoms with E-state index in [0.29, 0.717) is 21.1 Å². The van der Waals surface area contributed by atoms with E-state index in [1.807, 2.05) is 11.3 Å². The lowest BCUT2D eigenvalue weighted by Gasteiger charge is -2.66. The Bertz CT molecular complexity index is 487. The number of thiophene rings is 1. The molecule has 1 aromatic rings. The average molecular weight is 353 g/mol. The predicted octanol–water partition coefficient (Wildman–Crippen LogP) is 6.05. The molecule has 0 aromatic carbocycles. The lowest BCUT2D eigenvalue weighted by atomic mass is 9.39. The first kappa shape index (κ1) is 13.8. The standard InChI is InChI=1S/C18H25BrS/c1-16-7-13-8-17(2,10-16)12-18(9-13,11-16)15(19)6-14-4-3-5-20-14/h3-5,13,15H,6-12H2,1-2H3. The molecule has 0 nitrogen and oxygen atoms in total. The summed E-state index contributed by atoms with van der Waals surface area (Å²) < 4.78 is 0. The van der Waals surface area contributed by atoms with Gasteiger partial charge in [-0.25, -0.2) is 0 Å². The van der Waals surface area contributed by atoms with Gasteiger partial charge in [0.15, 0.2) is 0 Å². The van der Waals surface area contributed by atoms with Gasteiger partial charge in [0.05, 0.1) is 0 Å². The number of rotatable bonds is 3. The molecule has 4 bridgehead atoms. The summed E-state index contributed by atoms with van der Waals surface area (Å²) in [7, 11) is 0. The summed E-state index contributed by atoms with van der Waals surface area (Å²) >= 11 is 6.07. The van der Waals surface area contributed by atoms with E-state index in [1.54, 1.807) is 4.88 Å². The van der Waals surface area contributed by atoms with Crippen molar-refractivity contribution in [3.05, 3.63) is 22.4 Å². The summed E-state index contributed by atoms with van der Waals surface area (Å²) in [5.41, 5.74) is 1.85. The Morgan fingerprint density at radius 1 is 1.20 bits per heavy atom. The van der Waals surface area contributed by atoms with E-state index in [-0.39, 0.29) is 0 Å². The molecule has 20 heavy (non-hydrogen) atoms. The van der Waals surface area contributed by atoms with E-state index in [0.717, 1.165) is 5.92 Å². The molecule has 0 radical (unpaired) electrons. The Kier molecular flexibility index (Phi) is 3.00. The van der Waals surface area contributed by atoms with Crippen LogP contribution in [0.25, 0.3) is 0 Å². The molecule has 3 unspecified atom stereocenters. The molecule has 0 aliphatic heterocycles. The molecule has 1 aromatic heterocycles. The van der Waals surface area contributed by atoms with Crippen LogP contribution >= 0.6 is 27.3 Å². The molecule has 0 amide bonds. The summed E-state index contributed by atoms with van der Waals surface area (Å²) in [5.74, 6) is 1.00. The van der Waals surface area contributed by atoms with Crippen LogP contribution in [0.2, 0.25) is 0 Å². The second kappa shape index (κ2) is 4.35. The van der Waals surface area contributed by atoms with Crippen molar-refractivity contribution in [1.82, 2.24) is 0 Å². The molecule has 4 aliphatic carbocycles. The highest BCUT2D eigenvalue weighted by molar-refractivity contribution is 9.09. The van der Waals surface area contributed by atoms with Crippen molar-refractivity contribution in [2.75, 3.05) is 0 Å². The maximum atomic E-state index is 4.14. The third kappa shape index (κ3) is 2.13. The van der Waals surface area contributed by atoms with Crippen LogP contribution < -0.4 is 0 Å².